The van der Waals surface area contributed by atoms with Gasteiger partial charge >= 0.3 is 0 Å². The number of hydrogen-bond acceptors (Lipinski definition) is 4. The van der Waals surface area contributed by atoms with Crippen molar-refractivity contribution < 1.29 is 9.59 Å². The fraction of sp³-hybridized carbons (Fsp3) is 0.238. The SMILES string of the molecule is O=NC1CN(C(=O)[C@H](Cc2ccccc2)NC(=O)c2cc3cc(Cl)ccc3[nH]2)C1. The summed E-state index contributed by atoms with van der Waals surface area (Å²) < 4.78 is 0. The number of H-pyrrole nitrogens is 1. The number of carbonyl (C=O) groups excluding carboxylic acids is 2. The third kappa shape index (κ3) is 4.14. The van der Waals surface area contributed by atoms with Crippen molar-refractivity contribution in [3.63, 3.8) is 0 Å². The van der Waals surface area contributed by atoms with Crippen molar-refractivity contribution in [3.8, 4) is 0 Å². The van der Waals surface area contributed by atoms with Crippen LogP contribution in [0.15, 0.2) is 59.8 Å². The number of hydrogen-bond donors (Lipinski definition) is 2. The second kappa shape index (κ2) is 8.05. The van der Waals surface area contributed by atoms with Crippen LogP contribution in [0, 0.1) is 4.91 Å². The van der Waals surface area contributed by atoms with E-state index in [9.17, 15) is 14.5 Å². The number of carbonyl (C=O) groups is 2. The lowest BCUT2D eigenvalue weighted by Gasteiger charge is -2.37. The van der Waals surface area contributed by atoms with Crippen molar-refractivity contribution >= 4 is 34.3 Å². The number of amides is 2. The molecule has 0 bridgehead atoms. The maximum absolute atomic E-state index is 12.9. The van der Waals surface area contributed by atoms with E-state index in [0.29, 0.717) is 17.1 Å². The molecule has 1 aliphatic rings. The predicted molar refractivity (Wildman–Crippen MR) is 111 cm³/mol. The summed E-state index contributed by atoms with van der Waals surface area (Å²) in [6.07, 6.45) is 0.354. The lowest BCUT2D eigenvalue weighted by atomic mass is 10.0. The van der Waals surface area contributed by atoms with Crippen LogP contribution >= 0.6 is 11.6 Å². The summed E-state index contributed by atoms with van der Waals surface area (Å²) in [5.74, 6) is -0.599. The molecule has 1 saturated heterocycles. The maximum Gasteiger partial charge on any atom is 0.268 e. The van der Waals surface area contributed by atoms with Gasteiger partial charge in [-0.1, -0.05) is 47.1 Å². The van der Waals surface area contributed by atoms with E-state index in [0.717, 1.165) is 16.5 Å². The minimum absolute atomic E-state index is 0.221. The van der Waals surface area contributed by atoms with Gasteiger partial charge in [-0.25, -0.2) is 0 Å². The summed E-state index contributed by atoms with van der Waals surface area (Å²) >= 11 is 6.01. The summed E-state index contributed by atoms with van der Waals surface area (Å²) in [6.45, 7) is 0.572. The molecule has 148 valence electrons. The van der Waals surface area contributed by atoms with Gasteiger partial charge in [0, 0.05) is 35.4 Å². The highest BCUT2D eigenvalue weighted by Gasteiger charge is 2.36. The van der Waals surface area contributed by atoms with Gasteiger partial charge in [0.05, 0.1) is 0 Å². The normalized spacial score (nSPS) is 15.0. The molecular weight excluding hydrogens is 392 g/mol. The van der Waals surface area contributed by atoms with E-state index in [1.807, 2.05) is 30.3 Å². The quantitative estimate of drug-likeness (QED) is 0.611. The first-order chi connectivity index (χ1) is 14.0. The molecule has 0 radical (unpaired) electrons. The Morgan fingerprint density at radius 2 is 1.93 bits per heavy atom. The van der Waals surface area contributed by atoms with Gasteiger partial charge in [-0.3, -0.25) is 9.59 Å². The zero-order valence-electron chi connectivity index (χ0n) is 15.5. The van der Waals surface area contributed by atoms with Gasteiger partial charge in [0.1, 0.15) is 17.8 Å². The van der Waals surface area contributed by atoms with Crippen molar-refractivity contribution in [2.24, 2.45) is 5.18 Å². The first kappa shape index (κ1) is 19.1. The van der Waals surface area contributed by atoms with Crippen molar-refractivity contribution in [3.05, 3.63) is 75.8 Å². The van der Waals surface area contributed by atoms with Gasteiger partial charge in [0.25, 0.3) is 5.91 Å². The molecule has 2 heterocycles. The van der Waals surface area contributed by atoms with E-state index in [1.165, 1.54) is 0 Å². The molecule has 1 atom stereocenters. The van der Waals surface area contributed by atoms with Crippen molar-refractivity contribution in [2.75, 3.05) is 13.1 Å². The van der Waals surface area contributed by atoms with E-state index >= 15 is 0 Å². The highest BCUT2D eigenvalue weighted by Crippen LogP contribution is 2.21. The van der Waals surface area contributed by atoms with Crippen molar-refractivity contribution in [1.29, 1.82) is 0 Å². The Kier molecular flexibility index (Phi) is 5.31. The molecule has 2 amide bonds. The zero-order valence-corrected chi connectivity index (χ0v) is 16.2. The number of nitrogens with zero attached hydrogens (tertiary/aromatic N) is 2. The molecule has 0 spiro atoms. The molecular formula is C21H19ClN4O3. The highest BCUT2D eigenvalue weighted by atomic mass is 35.5. The van der Waals surface area contributed by atoms with E-state index in [4.69, 9.17) is 11.6 Å². The largest absolute Gasteiger partial charge is 0.351 e. The number of likely N-dealkylation sites (tertiary alicyclic amines) is 1. The molecule has 0 unspecified atom stereocenters. The van der Waals surface area contributed by atoms with Crippen LogP contribution in [0.2, 0.25) is 5.02 Å². The van der Waals surface area contributed by atoms with Crippen molar-refractivity contribution in [1.82, 2.24) is 15.2 Å². The van der Waals surface area contributed by atoms with Crippen LogP contribution in [-0.2, 0) is 11.2 Å². The fourth-order valence-electron chi connectivity index (χ4n) is 3.43. The van der Waals surface area contributed by atoms with Crippen LogP contribution in [-0.4, -0.2) is 46.9 Å². The van der Waals surface area contributed by atoms with Crippen LogP contribution in [0.5, 0.6) is 0 Å². The van der Waals surface area contributed by atoms with Gasteiger partial charge in [-0.05, 0) is 29.8 Å². The number of aromatic amines is 1. The molecule has 3 aromatic rings. The number of benzene rings is 2. The van der Waals surface area contributed by atoms with Crippen LogP contribution in [0.25, 0.3) is 10.9 Å². The lowest BCUT2D eigenvalue weighted by molar-refractivity contribution is -0.137. The second-order valence-corrected chi connectivity index (χ2v) is 7.57. The smallest absolute Gasteiger partial charge is 0.268 e. The van der Waals surface area contributed by atoms with Gasteiger partial charge in [0.2, 0.25) is 5.91 Å². The Morgan fingerprint density at radius 1 is 1.17 bits per heavy atom. The molecule has 29 heavy (non-hydrogen) atoms. The number of aromatic nitrogens is 1. The predicted octanol–water partition coefficient (Wildman–Crippen LogP) is 3.14. The zero-order chi connectivity index (χ0) is 20.4. The van der Waals surface area contributed by atoms with Crippen LogP contribution < -0.4 is 5.32 Å². The number of nitrogens with one attached hydrogen (secondary N) is 2. The van der Waals surface area contributed by atoms with Gasteiger partial charge in [-0.15, -0.1) is 0 Å². The van der Waals surface area contributed by atoms with E-state index in [1.54, 1.807) is 29.2 Å². The van der Waals surface area contributed by atoms with Crippen LogP contribution in [0.3, 0.4) is 0 Å². The Labute approximate surface area is 172 Å². The number of nitroso groups, excluding NO2 is 1. The minimum Gasteiger partial charge on any atom is -0.351 e. The molecule has 1 fully saturated rings. The van der Waals surface area contributed by atoms with Crippen LogP contribution in [0.4, 0.5) is 0 Å². The third-order valence-electron chi connectivity index (χ3n) is 5.04. The molecule has 1 aromatic heterocycles. The second-order valence-electron chi connectivity index (χ2n) is 7.13. The summed E-state index contributed by atoms with van der Waals surface area (Å²) in [5.41, 5.74) is 2.07. The summed E-state index contributed by atoms with van der Waals surface area (Å²) in [4.78, 5) is 41.0. The topological polar surface area (TPSA) is 94.6 Å². The Balaban J connectivity index is 1.53. The van der Waals surface area contributed by atoms with Crippen LogP contribution in [0.1, 0.15) is 16.1 Å². The first-order valence-electron chi connectivity index (χ1n) is 9.28. The van der Waals surface area contributed by atoms with Gasteiger partial charge < -0.3 is 15.2 Å². The van der Waals surface area contributed by atoms with E-state index in [2.05, 4.69) is 15.5 Å². The third-order valence-corrected chi connectivity index (χ3v) is 5.27. The highest BCUT2D eigenvalue weighted by molar-refractivity contribution is 6.31. The molecule has 2 aromatic carbocycles. The standard InChI is InChI=1S/C21H19ClN4O3/c22-15-6-7-17-14(9-15)10-18(23-17)20(27)24-19(8-13-4-2-1-3-5-13)21(28)26-11-16(12-26)25-29/h1-7,9-10,16,19,23H,8,11-12H2,(H,24,27)/t19-/m0/s1. The monoisotopic (exact) mass is 410 g/mol. The Bertz CT molecular complexity index is 1060. The maximum atomic E-state index is 12.9. The lowest BCUT2D eigenvalue weighted by Crippen LogP contribution is -2.59. The molecule has 0 aliphatic carbocycles. The van der Waals surface area contributed by atoms with Crippen molar-refractivity contribution in [2.45, 2.75) is 18.5 Å². The molecule has 1 aliphatic heterocycles. The molecule has 4 rings (SSSR count). The average molecular weight is 411 g/mol. The summed E-state index contributed by atoms with van der Waals surface area (Å²) in [5, 5.41) is 7.19. The summed E-state index contributed by atoms with van der Waals surface area (Å²) in [6, 6.07) is 15.4. The molecule has 2 N–H and O–H groups in total. The first-order valence-corrected chi connectivity index (χ1v) is 9.65. The summed E-state index contributed by atoms with van der Waals surface area (Å²) in [7, 11) is 0. The van der Waals surface area contributed by atoms with Gasteiger partial charge in [0.15, 0.2) is 0 Å². The number of rotatable bonds is 6. The molecule has 8 heteroatoms. The Morgan fingerprint density at radius 3 is 2.66 bits per heavy atom. The van der Waals surface area contributed by atoms with E-state index < -0.39 is 6.04 Å². The average Bonchev–Trinajstić information content (AvgIpc) is 3.10. The minimum atomic E-state index is -0.743. The number of fused-ring (bicyclic) bond motifs is 1. The van der Waals surface area contributed by atoms with Gasteiger partial charge in [-0.2, -0.15) is 4.91 Å². The fourth-order valence-corrected chi connectivity index (χ4v) is 3.61. The number of halogens is 1. The Hall–Kier alpha value is -3.19. The molecule has 7 nitrogen and oxygen atoms in total. The van der Waals surface area contributed by atoms with E-state index in [-0.39, 0.29) is 30.9 Å². The molecule has 0 saturated carbocycles.